The molecule has 0 saturated carbocycles. The Balaban J connectivity index is 2.62. The van der Waals surface area contributed by atoms with Crippen LogP contribution >= 0.6 is 0 Å². The van der Waals surface area contributed by atoms with Crippen molar-refractivity contribution in [3.8, 4) is 0 Å². The lowest BCUT2D eigenvalue weighted by atomic mass is 9.86. The third-order valence-corrected chi connectivity index (χ3v) is 2.86. The van der Waals surface area contributed by atoms with Crippen LogP contribution in [-0.4, -0.2) is 11.1 Å². The summed E-state index contributed by atoms with van der Waals surface area (Å²) in [7, 11) is 0. The molecule has 1 aromatic rings. The number of amides is 1. The topological polar surface area (TPSA) is 49.3 Å². The molecule has 0 aliphatic heterocycles. The van der Waals surface area contributed by atoms with E-state index in [4.69, 9.17) is 5.21 Å². The third kappa shape index (κ3) is 4.03. The van der Waals surface area contributed by atoms with Gasteiger partial charge in [-0.25, -0.2) is 5.48 Å². The molecule has 1 unspecified atom stereocenters. The predicted octanol–water partition coefficient (Wildman–Crippen LogP) is 2.40. The summed E-state index contributed by atoms with van der Waals surface area (Å²) in [6.45, 7) is 4.19. The van der Waals surface area contributed by atoms with Gasteiger partial charge in [-0.2, -0.15) is 0 Å². The third-order valence-electron chi connectivity index (χ3n) is 2.86. The van der Waals surface area contributed by atoms with Crippen molar-refractivity contribution in [3.05, 3.63) is 35.9 Å². The summed E-state index contributed by atoms with van der Waals surface area (Å²) in [6, 6.07) is 10.1. The van der Waals surface area contributed by atoms with Gasteiger partial charge >= 0.3 is 0 Å². The van der Waals surface area contributed by atoms with Crippen LogP contribution in [0.4, 0.5) is 0 Å². The largest absolute Gasteiger partial charge is 0.289 e. The second kappa shape index (κ2) is 6.28. The molecule has 0 heterocycles. The highest BCUT2D eigenvalue weighted by Crippen LogP contribution is 2.20. The van der Waals surface area contributed by atoms with E-state index in [9.17, 15) is 4.79 Å². The summed E-state index contributed by atoms with van der Waals surface area (Å²) >= 11 is 0. The zero-order valence-corrected chi connectivity index (χ0v) is 9.81. The first-order valence-corrected chi connectivity index (χ1v) is 5.60. The Morgan fingerprint density at radius 1 is 1.31 bits per heavy atom. The van der Waals surface area contributed by atoms with Gasteiger partial charge in [-0.1, -0.05) is 44.2 Å². The molecule has 88 valence electrons. The fraction of sp³-hybridized carbons (Fsp3) is 0.462. The molecule has 3 heteroatoms. The lowest BCUT2D eigenvalue weighted by molar-refractivity contribution is -0.130. The molecular weight excluding hydrogens is 202 g/mol. The highest BCUT2D eigenvalue weighted by Gasteiger charge is 2.17. The lowest BCUT2D eigenvalue weighted by Gasteiger charge is -2.19. The number of benzene rings is 1. The first-order valence-electron chi connectivity index (χ1n) is 5.60. The van der Waals surface area contributed by atoms with Crippen molar-refractivity contribution in [1.82, 2.24) is 5.48 Å². The van der Waals surface area contributed by atoms with Crippen molar-refractivity contribution in [2.75, 3.05) is 0 Å². The molecule has 0 radical (unpaired) electrons. The predicted molar refractivity (Wildman–Crippen MR) is 63.0 cm³/mol. The van der Waals surface area contributed by atoms with Crippen molar-refractivity contribution in [3.63, 3.8) is 0 Å². The van der Waals surface area contributed by atoms with Crippen LogP contribution in [0.25, 0.3) is 0 Å². The number of hydrogen-bond donors (Lipinski definition) is 2. The Kier molecular flexibility index (Phi) is 4.99. The van der Waals surface area contributed by atoms with Crippen molar-refractivity contribution in [1.29, 1.82) is 0 Å². The van der Waals surface area contributed by atoms with Gasteiger partial charge in [-0.15, -0.1) is 0 Å². The van der Waals surface area contributed by atoms with E-state index in [-0.39, 0.29) is 11.8 Å². The average Bonchev–Trinajstić information content (AvgIpc) is 2.29. The monoisotopic (exact) mass is 221 g/mol. The number of carbonyl (C=O) groups excluding carboxylic acids is 1. The number of hydrogen-bond acceptors (Lipinski definition) is 2. The summed E-state index contributed by atoms with van der Waals surface area (Å²) in [6.07, 6.45) is 1.23. The fourth-order valence-electron chi connectivity index (χ4n) is 1.74. The van der Waals surface area contributed by atoms with E-state index in [1.807, 2.05) is 18.2 Å². The van der Waals surface area contributed by atoms with Gasteiger partial charge in [0.25, 0.3) is 0 Å². The maximum atomic E-state index is 11.2. The van der Waals surface area contributed by atoms with Crippen LogP contribution in [0, 0.1) is 11.8 Å². The van der Waals surface area contributed by atoms with Gasteiger partial charge in [0.15, 0.2) is 0 Å². The molecule has 0 aromatic heterocycles. The summed E-state index contributed by atoms with van der Waals surface area (Å²) in [4.78, 5) is 11.2. The number of carbonyl (C=O) groups is 1. The molecule has 1 atom stereocenters. The second-order valence-electron chi connectivity index (χ2n) is 4.43. The molecule has 1 aromatic carbocycles. The van der Waals surface area contributed by atoms with Gasteiger partial charge in [-0.3, -0.25) is 10.0 Å². The molecule has 0 aliphatic carbocycles. The highest BCUT2D eigenvalue weighted by atomic mass is 16.5. The first kappa shape index (κ1) is 12.7. The number of hydroxylamine groups is 1. The van der Waals surface area contributed by atoms with Crippen LogP contribution in [0.15, 0.2) is 30.3 Å². The highest BCUT2D eigenvalue weighted by molar-refractivity contribution is 5.74. The molecule has 16 heavy (non-hydrogen) atoms. The van der Waals surface area contributed by atoms with E-state index in [2.05, 4.69) is 26.0 Å². The molecule has 0 saturated heterocycles. The molecule has 0 bridgehead atoms. The summed E-state index contributed by atoms with van der Waals surface area (Å²) < 4.78 is 0. The van der Waals surface area contributed by atoms with Gasteiger partial charge in [-0.05, 0) is 23.8 Å². The molecule has 0 fully saturated rings. The quantitative estimate of drug-likeness (QED) is 0.592. The first-order chi connectivity index (χ1) is 7.63. The smallest absolute Gasteiger partial charge is 0.243 e. The minimum absolute atomic E-state index is 0.259. The van der Waals surface area contributed by atoms with Crippen LogP contribution in [0.5, 0.6) is 0 Å². The Labute approximate surface area is 96.4 Å². The van der Waals surface area contributed by atoms with Gasteiger partial charge in [0.05, 0.1) is 0 Å². The van der Waals surface area contributed by atoms with E-state index in [1.54, 1.807) is 5.48 Å². The van der Waals surface area contributed by atoms with E-state index in [0.717, 1.165) is 6.42 Å². The molecular formula is C13H19NO2. The Morgan fingerprint density at radius 2 is 1.94 bits per heavy atom. The van der Waals surface area contributed by atoms with Gasteiger partial charge in [0.2, 0.25) is 5.91 Å². The van der Waals surface area contributed by atoms with E-state index >= 15 is 0 Å². The van der Waals surface area contributed by atoms with Gasteiger partial charge in [0.1, 0.15) is 0 Å². The van der Waals surface area contributed by atoms with Crippen molar-refractivity contribution < 1.29 is 10.0 Å². The van der Waals surface area contributed by atoms with Crippen LogP contribution in [0.1, 0.15) is 25.8 Å². The number of nitrogens with one attached hydrogen (secondary N) is 1. The summed E-state index contributed by atoms with van der Waals surface area (Å²) in [5, 5.41) is 8.53. The van der Waals surface area contributed by atoms with Crippen molar-refractivity contribution in [2.24, 2.45) is 11.8 Å². The number of rotatable bonds is 5. The lowest BCUT2D eigenvalue weighted by Crippen LogP contribution is -2.25. The molecule has 1 rings (SSSR count). The van der Waals surface area contributed by atoms with E-state index in [0.29, 0.717) is 12.3 Å². The average molecular weight is 221 g/mol. The van der Waals surface area contributed by atoms with Crippen molar-refractivity contribution >= 4 is 5.91 Å². The zero-order chi connectivity index (χ0) is 12.0. The Bertz CT molecular complexity index is 322. The minimum atomic E-state index is -0.311. The maximum Gasteiger partial charge on any atom is 0.243 e. The SMILES string of the molecule is CC(C)C(CC(=O)NO)Cc1ccccc1. The minimum Gasteiger partial charge on any atom is -0.289 e. The van der Waals surface area contributed by atoms with Crippen LogP contribution < -0.4 is 5.48 Å². The maximum absolute atomic E-state index is 11.2. The molecule has 0 spiro atoms. The van der Waals surface area contributed by atoms with Crippen LogP contribution in [-0.2, 0) is 11.2 Å². The molecule has 2 N–H and O–H groups in total. The molecule has 0 aliphatic rings. The van der Waals surface area contributed by atoms with Gasteiger partial charge < -0.3 is 0 Å². The van der Waals surface area contributed by atoms with E-state index in [1.165, 1.54) is 5.56 Å². The Morgan fingerprint density at radius 3 is 2.44 bits per heavy atom. The summed E-state index contributed by atoms with van der Waals surface area (Å²) in [5.74, 6) is 0.363. The standard InChI is InChI=1S/C13H19NO2/c1-10(2)12(9-13(15)14-16)8-11-6-4-3-5-7-11/h3-7,10,12,16H,8-9H2,1-2H3,(H,14,15). The van der Waals surface area contributed by atoms with Gasteiger partial charge in [0, 0.05) is 6.42 Å². The van der Waals surface area contributed by atoms with Crippen molar-refractivity contribution in [2.45, 2.75) is 26.7 Å². The summed E-state index contributed by atoms with van der Waals surface area (Å²) in [5.41, 5.74) is 2.93. The second-order valence-corrected chi connectivity index (χ2v) is 4.43. The molecule has 3 nitrogen and oxygen atoms in total. The van der Waals surface area contributed by atoms with Crippen LogP contribution in [0.2, 0.25) is 0 Å². The normalized spacial score (nSPS) is 12.5. The Hall–Kier alpha value is -1.35. The fourth-order valence-corrected chi connectivity index (χ4v) is 1.74. The van der Waals surface area contributed by atoms with Crippen LogP contribution in [0.3, 0.4) is 0 Å². The zero-order valence-electron chi connectivity index (χ0n) is 9.81. The molecule has 1 amide bonds. The van der Waals surface area contributed by atoms with E-state index < -0.39 is 0 Å².